The van der Waals surface area contributed by atoms with Gasteiger partial charge < -0.3 is 9.84 Å². The van der Waals surface area contributed by atoms with E-state index in [1.807, 2.05) is 12.1 Å². The third kappa shape index (κ3) is 5.08. The van der Waals surface area contributed by atoms with Gasteiger partial charge in [0.25, 0.3) is 0 Å². The number of phenolic OH excluding ortho intramolecular Hbond substituents is 1. The van der Waals surface area contributed by atoms with Gasteiger partial charge in [-0.25, -0.2) is 0 Å². The second-order valence-corrected chi connectivity index (χ2v) is 6.10. The number of unbranched alkanes of at least 4 members (excludes halogenated alkanes) is 1. The first-order valence-electron chi connectivity index (χ1n) is 6.97. The molecule has 0 unspecified atom stereocenters. The topological polar surface area (TPSA) is 29.5 Å². The lowest BCUT2D eigenvalue weighted by atomic mass is 10.1. The Balaban J connectivity index is 1.81. The van der Waals surface area contributed by atoms with Gasteiger partial charge >= 0.3 is 0 Å². The summed E-state index contributed by atoms with van der Waals surface area (Å²) in [6.07, 6.45) is 7.50. The van der Waals surface area contributed by atoms with Gasteiger partial charge in [-0.1, -0.05) is 30.4 Å². The van der Waals surface area contributed by atoms with Crippen LogP contribution in [0, 0.1) is 3.57 Å². The largest absolute Gasteiger partial charge is 0.504 e. The lowest BCUT2D eigenvalue weighted by molar-refractivity contribution is 0.373. The van der Waals surface area contributed by atoms with Crippen molar-refractivity contribution < 1.29 is 9.84 Å². The molecule has 110 valence electrons. The van der Waals surface area contributed by atoms with Gasteiger partial charge in [-0.15, -0.1) is 0 Å². The smallest absolute Gasteiger partial charge is 0.161 e. The molecule has 0 heterocycles. The highest BCUT2D eigenvalue weighted by molar-refractivity contribution is 14.1. The van der Waals surface area contributed by atoms with Crippen molar-refractivity contribution in [1.82, 2.24) is 0 Å². The monoisotopic (exact) mass is 394 g/mol. The minimum absolute atomic E-state index is 0.174. The number of aryl methyl sites for hydroxylation is 1. The van der Waals surface area contributed by atoms with Crippen LogP contribution in [-0.2, 0) is 6.42 Å². The first-order valence-corrected chi connectivity index (χ1v) is 8.05. The number of aromatic hydroxyl groups is 1. The maximum atomic E-state index is 9.54. The van der Waals surface area contributed by atoms with Gasteiger partial charge in [0, 0.05) is 3.57 Å². The van der Waals surface area contributed by atoms with Crippen LogP contribution in [0.3, 0.4) is 0 Å². The van der Waals surface area contributed by atoms with Gasteiger partial charge in [-0.05, 0) is 77.2 Å². The molecule has 0 amide bonds. The average molecular weight is 394 g/mol. The maximum absolute atomic E-state index is 9.54. The molecule has 0 aliphatic carbocycles. The van der Waals surface area contributed by atoms with E-state index >= 15 is 0 Å². The normalized spacial score (nSPS) is 11.0. The van der Waals surface area contributed by atoms with Crippen molar-refractivity contribution in [2.75, 3.05) is 7.11 Å². The van der Waals surface area contributed by atoms with Gasteiger partial charge in [0.2, 0.25) is 0 Å². The zero-order valence-corrected chi connectivity index (χ0v) is 14.2. The Morgan fingerprint density at radius 2 is 1.90 bits per heavy atom. The van der Waals surface area contributed by atoms with Crippen LogP contribution in [0.25, 0.3) is 6.08 Å². The zero-order valence-electron chi connectivity index (χ0n) is 12.1. The lowest BCUT2D eigenvalue weighted by Gasteiger charge is -2.03. The Bertz CT molecular complexity index is 603. The minimum Gasteiger partial charge on any atom is -0.504 e. The molecule has 0 saturated heterocycles. The lowest BCUT2D eigenvalue weighted by Crippen LogP contribution is -1.85. The van der Waals surface area contributed by atoms with Crippen molar-refractivity contribution in [1.29, 1.82) is 0 Å². The summed E-state index contributed by atoms with van der Waals surface area (Å²) in [6.45, 7) is 0. The quantitative estimate of drug-likeness (QED) is 0.550. The van der Waals surface area contributed by atoms with E-state index in [0.29, 0.717) is 5.75 Å². The molecule has 2 rings (SSSR count). The van der Waals surface area contributed by atoms with E-state index in [2.05, 4.69) is 59.0 Å². The summed E-state index contributed by atoms with van der Waals surface area (Å²) < 4.78 is 6.37. The summed E-state index contributed by atoms with van der Waals surface area (Å²) in [7, 11) is 1.56. The van der Waals surface area contributed by atoms with E-state index in [-0.39, 0.29) is 5.75 Å². The SMILES string of the molecule is COc1cc(/C=C/CCCc2ccc(I)cc2)ccc1O. The zero-order chi connectivity index (χ0) is 15.1. The van der Waals surface area contributed by atoms with Crippen LogP contribution >= 0.6 is 22.6 Å². The molecular formula is C18H19IO2. The summed E-state index contributed by atoms with van der Waals surface area (Å²) in [6, 6.07) is 14.1. The molecule has 0 fully saturated rings. The number of ether oxygens (including phenoxy) is 1. The first-order chi connectivity index (χ1) is 10.2. The summed E-state index contributed by atoms with van der Waals surface area (Å²) >= 11 is 2.32. The Hall–Kier alpha value is -1.49. The Morgan fingerprint density at radius 3 is 2.62 bits per heavy atom. The summed E-state index contributed by atoms with van der Waals surface area (Å²) in [4.78, 5) is 0. The van der Waals surface area contributed by atoms with Crippen molar-refractivity contribution in [2.45, 2.75) is 19.3 Å². The molecule has 2 aromatic rings. The number of hydrogen-bond acceptors (Lipinski definition) is 2. The molecule has 0 bridgehead atoms. The Labute approximate surface area is 139 Å². The molecule has 0 saturated carbocycles. The fourth-order valence-electron chi connectivity index (χ4n) is 2.09. The van der Waals surface area contributed by atoms with Crippen LogP contribution in [-0.4, -0.2) is 12.2 Å². The summed E-state index contributed by atoms with van der Waals surface area (Å²) in [5, 5.41) is 9.54. The van der Waals surface area contributed by atoms with Crippen LogP contribution in [0.2, 0.25) is 0 Å². The third-order valence-corrected chi connectivity index (χ3v) is 3.98. The van der Waals surface area contributed by atoms with Crippen LogP contribution in [0.1, 0.15) is 24.0 Å². The number of hydrogen-bond donors (Lipinski definition) is 1. The molecule has 0 aliphatic rings. The fraction of sp³-hybridized carbons (Fsp3) is 0.222. The van der Waals surface area contributed by atoms with E-state index in [1.165, 1.54) is 9.13 Å². The average Bonchev–Trinajstić information content (AvgIpc) is 2.50. The van der Waals surface area contributed by atoms with Crippen molar-refractivity contribution in [3.05, 3.63) is 63.2 Å². The Morgan fingerprint density at radius 1 is 1.14 bits per heavy atom. The van der Waals surface area contributed by atoms with Gasteiger partial charge in [0.05, 0.1) is 7.11 Å². The molecule has 0 aromatic heterocycles. The number of methoxy groups -OCH3 is 1. The van der Waals surface area contributed by atoms with E-state index in [0.717, 1.165) is 24.8 Å². The molecule has 2 nitrogen and oxygen atoms in total. The molecule has 0 aliphatic heterocycles. The maximum Gasteiger partial charge on any atom is 0.161 e. The number of phenols is 1. The van der Waals surface area contributed by atoms with Crippen molar-refractivity contribution in [2.24, 2.45) is 0 Å². The molecule has 2 aromatic carbocycles. The van der Waals surface area contributed by atoms with Crippen LogP contribution < -0.4 is 4.74 Å². The van der Waals surface area contributed by atoms with Crippen molar-refractivity contribution in [3.8, 4) is 11.5 Å². The molecular weight excluding hydrogens is 375 g/mol. The van der Waals surface area contributed by atoms with E-state index in [9.17, 15) is 5.11 Å². The second kappa shape index (κ2) is 8.08. The van der Waals surface area contributed by atoms with Crippen LogP contribution in [0.15, 0.2) is 48.5 Å². The number of benzene rings is 2. The molecule has 21 heavy (non-hydrogen) atoms. The summed E-state index contributed by atoms with van der Waals surface area (Å²) in [5.74, 6) is 0.685. The highest BCUT2D eigenvalue weighted by Crippen LogP contribution is 2.26. The first kappa shape index (κ1) is 15.9. The third-order valence-electron chi connectivity index (χ3n) is 3.26. The highest BCUT2D eigenvalue weighted by Gasteiger charge is 2.00. The van der Waals surface area contributed by atoms with E-state index < -0.39 is 0 Å². The number of allylic oxidation sites excluding steroid dienone is 1. The van der Waals surface area contributed by atoms with Gasteiger partial charge in [0.1, 0.15) is 0 Å². The van der Waals surface area contributed by atoms with Gasteiger partial charge in [-0.3, -0.25) is 0 Å². The molecule has 1 N–H and O–H groups in total. The van der Waals surface area contributed by atoms with E-state index in [4.69, 9.17) is 4.74 Å². The molecule has 0 radical (unpaired) electrons. The molecule has 0 atom stereocenters. The number of halogens is 1. The second-order valence-electron chi connectivity index (χ2n) is 4.85. The number of rotatable bonds is 6. The van der Waals surface area contributed by atoms with Crippen LogP contribution in [0.5, 0.6) is 11.5 Å². The minimum atomic E-state index is 0.174. The predicted octanol–water partition coefficient (Wildman–Crippen LogP) is 5.04. The molecule has 0 spiro atoms. The fourth-order valence-corrected chi connectivity index (χ4v) is 2.45. The Kier molecular flexibility index (Phi) is 6.11. The van der Waals surface area contributed by atoms with E-state index in [1.54, 1.807) is 13.2 Å². The standard InChI is InChI=1S/C18H19IO2/c1-21-18-13-15(9-12-17(18)20)6-4-2-3-5-14-7-10-16(19)11-8-14/h4,6-13,20H,2-3,5H2,1H3/b6-4+. The predicted molar refractivity (Wildman–Crippen MR) is 95.8 cm³/mol. The summed E-state index contributed by atoms with van der Waals surface area (Å²) in [5.41, 5.74) is 2.43. The van der Waals surface area contributed by atoms with Crippen molar-refractivity contribution in [3.63, 3.8) is 0 Å². The van der Waals surface area contributed by atoms with Gasteiger partial charge in [-0.2, -0.15) is 0 Å². The highest BCUT2D eigenvalue weighted by atomic mass is 127. The molecule has 3 heteroatoms. The van der Waals surface area contributed by atoms with Crippen LogP contribution in [0.4, 0.5) is 0 Å². The van der Waals surface area contributed by atoms with Crippen molar-refractivity contribution >= 4 is 28.7 Å². The van der Waals surface area contributed by atoms with Gasteiger partial charge in [0.15, 0.2) is 11.5 Å².